The lowest BCUT2D eigenvalue weighted by molar-refractivity contribution is 0.102. The number of nitrogens with zero attached hydrogens (tertiary/aromatic N) is 2. The highest BCUT2D eigenvalue weighted by atomic mass is 32.2. The van der Waals surface area contributed by atoms with Crippen molar-refractivity contribution in [3.05, 3.63) is 35.7 Å². The first kappa shape index (κ1) is 14.5. The zero-order valence-corrected chi connectivity index (χ0v) is 11.7. The second-order valence-corrected chi connectivity index (χ2v) is 4.79. The van der Waals surface area contributed by atoms with E-state index in [1.807, 2.05) is 0 Å². The molecule has 0 bridgehead atoms. The Kier molecular flexibility index (Phi) is 5.11. The predicted molar refractivity (Wildman–Crippen MR) is 74.3 cm³/mol. The smallest absolute Gasteiger partial charge is 0.322 e. The van der Waals surface area contributed by atoms with Crippen molar-refractivity contribution in [3.8, 4) is 0 Å². The third kappa shape index (κ3) is 3.80. The fraction of sp³-hybridized carbons (Fsp3) is 0.308. The summed E-state index contributed by atoms with van der Waals surface area (Å²) in [4.78, 5) is 12.3. The van der Waals surface area contributed by atoms with Crippen LogP contribution in [0.4, 0.5) is 9.90 Å². The van der Waals surface area contributed by atoms with Crippen LogP contribution in [0.1, 0.15) is 36.0 Å². The fourth-order valence-electron chi connectivity index (χ4n) is 1.56. The molecular weight excluding hydrogens is 281 g/mol. The first-order chi connectivity index (χ1) is 9.72. The Hall–Kier alpha value is -1.89. The molecule has 0 saturated carbocycles. The molecule has 1 heterocycles. The van der Waals surface area contributed by atoms with Gasteiger partial charge >= 0.3 is 6.01 Å². The summed E-state index contributed by atoms with van der Waals surface area (Å²) in [6.07, 6.45) is 2.68. The van der Waals surface area contributed by atoms with Crippen LogP contribution in [0.2, 0.25) is 0 Å². The molecule has 1 aromatic carbocycles. The zero-order valence-electron chi connectivity index (χ0n) is 10.9. The molecule has 0 radical (unpaired) electrons. The molecule has 7 heteroatoms. The largest absolute Gasteiger partial charge is 0.408 e. The van der Waals surface area contributed by atoms with Gasteiger partial charge in [0.05, 0.1) is 12.1 Å². The third-order valence-corrected chi connectivity index (χ3v) is 3.09. The number of carbonyl (C=O) groups excluding carboxylic acids is 1. The highest BCUT2D eigenvalue weighted by Gasteiger charge is 2.11. The maximum atomic E-state index is 12.3. The highest BCUT2D eigenvalue weighted by molar-refractivity contribution is 7.94. The van der Waals surface area contributed by atoms with Gasteiger partial charge in [0.2, 0.25) is 5.89 Å². The van der Waals surface area contributed by atoms with Gasteiger partial charge in [-0.05, 0) is 30.7 Å². The van der Waals surface area contributed by atoms with Crippen molar-refractivity contribution in [2.24, 2.45) is 0 Å². The Balaban J connectivity index is 1.97. The summed E-state index contributed by atoms with van der Waals surface area (Å²) in [7, 11) is 0. The number of aromatic nitrogens is 2. The van der Waals surface area contributed by atoms with E-state index in [4.69, 9.17) is 4.42 Å². The summed E-state index contributed by atoms with van der Waals surface area (Å²) in [5, 5.41) is 10.1. The van der Waals surface area contributed by atoms with E-state index in [0.717, 1.165) is 12.8 Å². The number of unbranched alkanes of at least 4 members (excludes halogenated alkanes) is 1. The minimum atomic E-state index is -0.369. The molecule has 0 aliphatic carbocycles. The van der Waals surface area contributed by atoms with Crippen molar-refractivity contribution >= 4 is 24.1 Å². The lowest BCUT2D eigenvalue weighted by atomic mass is 10.2. The van der Waals surface area contributed by atoms with Crippen molar-refractivity contribution in [2.75, 3.05) is 5.32 Å². The molecule has 20 heavy (non-hydrogen) atoms. The van der Waals surface area contributed by atoms with Crippen LogP contribution in [0.5, 0.6) is 0 Å². The molecule has 0 fully saturated rings. The number of rotatable bonds is 6. The maximum absolute atomic E-state index is 12.3. The Morgan fingerprint density at radius 3 is 2.75 bits per heavy atom. The minimum absolute atomic E-state index is 0.0741. The maximum Gasteiger partial charge on any atom is 0.322 e. The molecule has 0 aliphatic heterocycles. The van der Waals surface area contributed by atoms with Crippen LogP contribution in [0.15, 0.2) is 33.6 Å². The van der Waals surface area contributed by atoms with E-state index in [1.165, 1.54) is 24.3 Å². The van der Waals surface area contributed by atoms with Gasteiger partial charge in [-0.1, -0.05) is 18.4 Å². The number of hydrogen-bond donors (Lipinski definition) is 1. The molecule has 2 rings (SSSR count). The van der Waals surface area contributed by atoms with E-state index >= 15 is 0 Å². The Morgan fingerprint density at radius 1 is 1.35 bits per heavy atom. The number of halogens is 1. The van der Waals surface area contributed by atoms with Gasteiger partial charge in [0.1, 0.15) is 0 Å². The van der Waals surface area contributed by atoms with Gasteiger partial charge in [0.25, 0.3) is 5.91 Å². The zero-order chi connectivity index (χ0) is 14.4. The number of benzene rings is 1. The molecule has 1 N–H and O–H groups in total. The van der Waals surface area contributed by atoms with Crippen LogP contribution in [0.25, 0.3) is 0 Å². The minimum Gasteiger partial charge on any atom is -0.408 e. The van der Waals surface area contributed by atoms with Crippen LogP contribution < -0.4 is 5.32 Å². The number of anilines is 1. The van der Waals surface area contributed by atoms with Gasteiger partial charge in [-0.3, -0.25) is 10.1 Å². The van der Waals surface area contributed by atoms with Crippen LogP contribution in [-0.4, -0.2) is 16.1 Å². The van der Waals surface area contributed by atoms with Crippen molar-refractivity contribution in [1.29, 1.82) is 0 Å². The number of amides is 1. The van der Waals surface area contributed by atoms with Crippen molar-refractivity contribution in [3.63, 3.8) is 0 Å². The van der Waals surface area contributed by atoms with Crippen LogP contribution in [0, 0.1) is 0 Å². The Labute approximate surface area is 120 Å². The molecule has 106 valence electrons. The summed E-state index contributed by atoms with van der Waals surface area (Å²) in [6, 6.07) is 6.20. The molecule has 0 atom stereocenters. The van der Waals surface area contributed by atoms with Gasteiger partial charge < -0.3 is 4.42 Å². The van der Waals surface area contributed by atoms with Gasteiger partial charge in [0.15, 0.2) is 0 Å². The molecule has 0 aliphatic rings. The number of hydrogen-bond acceptors (Lipinski definition) is 5. The molecule has 0 spiro atoms. The van der Waals surface area contributed by atoms with E-state index in [9.17, 15) is 8.68 Å². The average molecular weight is 295 g/mol. The summed E-state index contributed by atoms with van der Waals surface area (Å²) in [5.74, 6) is 0.137. The van der Waals surface area contributed by atoms with E-state index in [-0.39, 0.29) is 24.1 Å². The van der Waals surface area contributed by atoms with Crippen molar-refractivity contribution < 1.29 is 13.1 Å². The summed E-state index contributed by atoms with van der Waals surface area (Å²) in [5.41, 5.74) is 0.399. The van der Waals surface area contributed by atoms with Gasteiger partial charge in [-0.15, -0.1) is 5.10 Å². The Bertz CT molecular complexity index is 571. The van der Waals surface area contributed by atoms with Crippen LogP contribution in [0.3, 0.4) is 0 Å². The summed E-state index contributed by atoms with van der Waals surface area (Å²) in [6.45, 7) is 2.07. The quantitative estimate of drug-likeness (QED) is 0.881. The molecule has 1 amide bonds. The van der Waals surface area contributed by atoms with E-state index in [2.05, 4.69) is 22.4 Å². The summed E-state index contributed by atoms with van der Waals surface area (Å²) >= 11 is 0.132. The third-order valence-electron chi connectivity index (χ3n) is 2.64. The van der Waals surface area contributed by atoms with Crippen LogP contribution in [-0.2, 0) is 6.42 Å². The second-order valence-electron chi connectivity index (χ2n) is 4.16. The molecule has 0 unspecified atom stereocenters. The highest BCUT2D eigenvalue weighted by Crippen LogP contribution is 2.19. The second kappa shape index (κ2) is 7.04. The van der Waals surface area contributed by atoms with E-state index < -0.39 is 0 Å². The number of aryl methyl sites for hydroxylation is 1. The van der Waals surface area contributed by atoms with Gasteiger partial charge in [-0.2, -0.15) is 3.89 Å². The monoisotopic (exact) mass is 295 g/mol. The topological polar surface area (TPSA) is 68.0 Å². The molecule has 0 saturated heterocycles. The summed E-state index contributed by atoms with van der Waals surface area (Å²) < 4.78 is 17.6. The SMILES string of the molecule is CCCCc1nnc(NC(=O)c2ccc(SF)cc2)o1. The normalized spacial score (nSPS) is 10.5. The van der Waals surface area contributed by atoms with E-state index in [1.54, 1.807) is 0 Å². The van der Waals surface area contributed by atoms with Crippen molar-refractivity contribution in [2.45, 2.75) is 31.1 Å². The fourth-order valence-corrected chi connectivity index (χ4v) is 1.80. The molecule has 2 aromatic rings. The van der Waals surface area contributed by atoms with Crippen LogP contribution >= 0.6 is 12.1 Å². The average Bonchev–Trinajstić information content (AvgIpc) is 2.92. The lowest BCUT2D eigenvalue weighted by Gasteiger charge is -2.00. The molecule has 5 nitrogen and oxygen atoms in total. The Morgan fingerprint density at radius 2 is 2.10 bits per heavy atom. The van der Waals surface area contributed by atoms with Crippen molar-refractivity contribution in [1.82, 2.24) is 10.2 Å². The van der Waals surface area contributed by atoms with Gasteiger partial charge in [-0.25, -0.2) is 0 Å². The molecular formula is C13H14FN3O2S. The number of nitrogens with one attached hydrogen (secondary N) is 1. The predicted octanol–water partition coefficient (Wildman–Crippen LogP) is 3.64. The molecule has 1 aromatic heterocycles. The first-order valence-electron chi connectivity index (χ1n) is 6.25. The lowest BCUT2D eigenvalue weighted by Crippen LogP contribution is -2.11. The van der Waals surface area contributed by atoms with E-state index in [0.29, 0.717) is 22.8 Å². The standard InChI is InChI=1S/C13H14FN3O2S/c1-2-3-4-11-16-17-13(19-11)15-12(18)9-5-7-10(20-14)8-6-9/h5-8H,2-4H2,1H3,(H,15,17,18). The van der Waals surface area contributed by atoms with Gasteiger partial charge in [0, 0.05) is 16.9 Å². The first-order valence-corrected chi connectivity index (χ1v) is 6.97. The number of carbonyl (C=O) groups is 1.